The number of hydrogen-bond donors (Lipinski definition) is 0. The van der Waals surface area contributed by atoms with Gasteiger partial charge in [0.25, 0.3) is 0 Å². The van der Waals surface area contributed by atoms with Gasteiger partial charge in [-0.15, -0.1) is 0 Å². The zero-order valence-corrected chi connectivity index (χ0v) is 10.9. The molecule has 11 heavy (non-hydrogen) atoms. The van der Waals surface area contributed by atoms with E-state index >= 15 is 0 Å². The van der Waals surface area contributed by atoms with Crippen molar-refractivity contribution in [2.24, 2.45) is 0 Å². The Labute approximate surface area is 73.4 Å². The molecule has 0 aromatic carbocycles. The summed E-state index contributed by atoms with van der Waals surface area (Å²) < 4.78 is 6.35. The fourth-order valence-corrected chi connectivity index (χ4v) is 10.0. The van der Waals surface area contributed by atoms with Gasteiger partial charge in [-0.3, -0.25) is 0 Å². The third-order valence-electron chi connectivity index (χ3n) is 4.01. The number of hydrogen-bond acceptors (Lipinski definition) is 1. The van der Waals surface area contributed by atoms with Gasteiger partial charge in [0.15, 0.2) is 0 Å². The average Bonchev–Trinajstić information content (AvgIpc) is 1.53. The Morgan fingerprint density at radius 3 is 1.82 bits per heavy atom. The van der Waals surface area contributed by atoms with Crippen molar-refractivity contribution in [3.05, 3.63) is 0 Å². The van der Waals surface area contributed by atoms with Crippen molar-refractivity contribution in [2.75, 3.05) is 7.11 Å². The second-order valence-corrected chi connectivity index (χ2v) is 21.3. The second-order valence-electron chi connectivity index (χ2n) is 5.45. The molecular formula is C9H18OSn. The van der Waals surface area contributed by atoms with Crippen LogP contribution in [0.1, 0.15) is 19.3 Å². The van der Waals surface area contributed by atoms with Gasteiger partial charge in [-0.25, -0.2) is 0 Å². The van der Waals surface area contributed by atoms with Crippen molar-refractivity contribution in [1.82, 2.24) is 0 Å². The molecule has 3 fully saturated rings. The molecule has 0 radical (unpaired) electrons. The van der Waals surface area contributed by atoms with Crippen molar-refractivity contribution in [3.8, 4) is 0 Å². The van der Waals surface area contributed by atoms with E-state index in [-0.39, 0.29) is 0 Å². The topological polar surface area (TPSA) is 9.23 Å². The van der Waals surface area contributed by atoms with Gasteiger partial charge in [0.1, 0.15) is 0 Å². The zero-order valence-electron chi connectivity index (χ0n) is 8.03. The summed E-state index contributed by atoms with van der Waals surface area (Å²) in [6.07, 6.45) is 4.20. The summed E-state index contributed by atoms with van der Waals surface area (Å²) >= 11 is -1.58. The van der Waals surface area contributed by atoms with Crippen molar-refractivity contribution < 1.29 is 4.74 Å². The molecule has 0 amide bonds. The van der Waals surface area contributed by atoms with Crippen molar-refractivity contribution in [2.45, 2.75) is 43.1 Å². The van der Waals surface area contributed by atoms with E-state index in [0.29, 0.717) is 5.60 Å². The number of ether oxygens (including phenoxy) is 1. The molecule has 0 heterocycles. The number of methoxy groups -OCH3 is 1. The van der Waals surface area contributed by atoms with Crippen LogP contribution in [0.15, 0.2) is 0 Å². The summed E-state index contributed by atoms with van der Waals surface area (Å²) in [4.78, 5) is 7.69. The molecule has 0 spiro atoms. The third-order valence-corrected chi connectivity index (χ3v) is 14.6. The van der Waals surface area contributed by atoms with Crippen LogP contribution in [0.4, 0.5) is 0 Å². The molecular weight excluding hydrogens is 243 g/mol. The van der Waals surface area contributed by atoms with Crippen LogP contribution < -0.4 is 0 Å². The molecule has 0 saturated heterocycles. The van der Waals surface area contributed by atoms with Crippen LogP contribution in [-0.4, -0.2) is 31.1 Å². The molecule has 3 rings (SSSR count). The molecule has 3 aliphatic carbocycles. The van der Waals surface area contributed by atoms with Crippen LogP contribution in [0, 0.1) is 0 Å². The molecule has 0 aromatic rings. The second kappa shape index (κ2) is 1.98. The van der Waals surface area contributed by atoms with E-state index in [1.165, 1.54) is 19.3 Å². The van der Waals surface area contributed by atoms with E-state index in [0.717, 1.165) is 3.43 Å². The van der Waals surface area contributed by atoms with E-state index in [1.807, 2.05) is 7.11 Å². The summed E-state index contributed by atoms with van der Waals surface area (Å²) in [7, 11) is 1.88. The Hall–Kier alpha value is 0.759. The Balaban J connectivity index is 2.04. The molecule has 0 aliphatic heterocycles. The van der Waals surface area contributed by atoms with Crippen LogP contribution in [-0.2, 0) is 4.74 Å². The van der Waals surface area contributed by atoms with Crippen LogP contribution in [0.3, 0.4) is 0 Å². The Bertz CT molecular complexity index is 172. The molecule has 1 nitrogen and oxygen atoms in total. The maximum atomic E-state index is 5.49. The van der Waals surface area contributed by atoms with Gasteiger partial charge in [0.05, 0.1) is 0 Å². The molecule has 2 heteroatoms. The van der Waals surface area contributed by atoms with Gasteiger partial charge in [0, 0.05) is 0 Å². The molecule has 0 aromatic heterocycles. The van der Waals surface area contributed by atoms with Gasteiger partial charge < -0.3 is 0 Å². The first-order chi connectivity index (χ1) is 4.93. The Morgan fingerprint density at radius 1 is 1.09 bits per heavy atom. The first-order valence-electron chi connectivity index (χ1n) is 4.48. The first-order valence-corrected chi connectivity index (χ1v) is 14.5. The normalized spacial score (nSPS) is 48.0. The van der Waals surface area contributed by atoms with Gasteiger partial charge in [-0.1, -0.05) is 0 Å². The molecule has 0 unspecified atom stereocenters. The molecule has 64 valence electrons. The summed E-state index contributed by atoms with van der Waals surface area (Å²) in [6.45, 7) is 0. The Morgan fingerprint density at radius 2 is 1.55 bits per heavy atom. The average molecular weight is 261 g/mol. The molecule has 2 bridgehead atoms. The van der Waals surface area contributed by atoms with Gasteiger partial charge in [-0.05, 0) is 0 Å². The van der Waals surface area contributed by atoms with Crippen molar-refractivity contribution in [3.63, 3.8) is 0 Å². The van der Waals surface area contributed by atoms with Gasteiger partial charge >= 0.3 is 73.3 Å². The SMILES string of the molecule is COC12C[C]([Sn]([CH3])([CH3])[CH3])(C1)C2. The maximum absolute atomic E-state index is 5.49. The summed E-state index contributed by atoms with van der Waals surface area (Å²) in [5, 5.41) is 0. The monoisotopic (exact) mass is 262 g/mol. The van der Waals surface area contributed by atoms with Crippen LogP contribution >= 0.6 is 0 Å². The molecule has 0 atom stereocenters. The molecule has 3 aliphatic rings. The van der Waals surface area contributed by atoms with Crippen LogP contribution in [0.5, 0.6) is 0 Å². The fourth-order valence-electron chi connectivity index (χ4n) is 2.71. The van der Waals surface area contributed by atoms with Gasteiger partial charge in [0.2, 0.25) is 0 Å². The Kier molecular flexibility index (Phi) is 1.50. The summed E-state index contributed by atoms with van der Waals surface area (Å²) in [5.41, 5.74) is 0.379. The number of rotatable bonds is 2. The van der Waals surface area contributed by atoms with E-state index in [1.54, 1.807) is 0 Å². The van der Waals surface area contributed by atoms with Crippen LogP contribution in [0.25, 0.3) is 0 Å². The summed E-state index contributed by atoms with van der Waals surface area (Å²) in [6, 6.07) is 0. The van der Waals surface area contributed by atoms with Gasteiger partial charge in [-0.2, -0.15) is 0 Å². The minimum atomic E-state index is -1.58. The van der Waals surface area contributed by atoms with Crippen molar-refractivity contribution in [1.29, 1.82) is 0 Å². The van der Waals surface area contributed by atoms with E-state index in [2.05, 4.69) is 14.8 Å². The standard InChI is InChI=1S/C6H9O.3CH3.Sn/c1-7-6-2-5(3-6)4-6;;;;/h2-4H2,1H3;3*1H3;. The van der Waals surface area contributed by atoms with Crippen molar-refractivity contribution >= 4 is 18.4 Å². The van der Waals surface area contributed by atoms with E-state index < -0.39 is 18.4 Å². The van der Waals surface area contributed by atoms with E-state index in [4.69, 9.17) is 4.74 Å². The zero-order chi connectivity index (χ0) is 8.33. The molecule has 0 N–H and O–H groups in total. The third kappa shape index (κ3) is 0.872. The molecule has 3 saturated carbocycles. The van der Waals surface area contributed by atoms with E-state index in [9.17, 15) is 0 Å². The summed E-state index contributed by atoms with van der Waals surface area (Å²) in [5.74, 6) is 0. The minimum absolute atomic E-state index is 0.379. The first kappa shape index (κ1) is 8.36. The van der Waals surface area contributed by atoms with Crippen LogP contribution in [0.2, 0.25) is 18.2 Å². The predicted molar refractivity (Wildman–Crippen MR) is 49.6 cm³/mol. The fraction of sp³-hybridized carbons (Fsp3) is 1.00. The predicted octanol–water partition coefficient (Wildman–Crippen LogP) is 2.65. The quantitative estimate of drug-likeness (QED) is 0.694.